The van der Waals surface area contributed by atoms with Crippen molar-refractivity contribution in [2.24, 2.45) is 0 Å². The van der Waals surface area contributed by atoms with E-state index in [4.69, 9.17) is 4.74 Å². The van der Waals surface area contributed by atoms with Gasteiger partial charge in [0.2, 0.25) is 0 Å². The molecular weight excluding hydrogens is 180 g/mol. The van der Waals surface area contributed by atoms with Crippen molar-refractivity contribution in [2.75, 3.05) is 7.11 Å². The lowest BCUT2D eigenvalue weighted by atomic mass is 10.0. The van der Waals surface area contributed by atoms with Gasteiger partial charge in [-0.25, -0.2) is 9.78 Å². The number of esters is 1. The Bertz CT molecular complexity index is 357. The third-order valence-electron chi connectivity index (χ3n) is 2.75. The Morgan fingerprint density at radius 2 is 2.50 bits per heavy atom. The lowest BCUT2D eigenvalue weighted by molar-refractivity contribution is -0.145. The largest absolute Gasteiger partial charge is 0.467 e. The van der Waals surface area contributed by atoms with Crippen LogP contribution in [0.4, 0.5) is 0 Å². The Balaban J connectivity index is 2.38. The van der Waals surface area contributed by atoms with Crippen molar-refractivity contribution < 1.29 is 9.53 Å². The maximum absolute atomic E-state index is 11.5. The molecule has 0 saturated carbocycles. The van der Waals surface area contributed by atoms with Crippen LogP contribution in [0.3, 0.4) is 0 Å². The number of nitrogens with zero attached hydrogens (tertiary/aromatic N) is 2. The Labute approximate surface area is 82.9 Å². The second-order valence-electron chi connectivity index (χ2n) is 3.60. The van der Waals surface area contributed by atoms with Crippen molar-refractivity contribution >= 4 is 5.97 Å². The number of imidazole rings is 1. The van der Waals surface area contributed by atoms with Crippen molar-refractivity contribution in [2.45, 2.75) is 32.2 Å². The molecule has 4 heteroatoms. The molecule has 1 aliphatic rings. The van der Waals surface area contributed by atoms with Crippen LogP contribution in [0.5, 0.6) is 0 Å². The van der Waals surface area contributed by atoms with Crippen LogP contribution >= 0.6 is 0 Å². The molecule has 1 atom stereocenters. The van der Waals surface area contributed by atoms with Crippen LogP contribution in [0.1, 0.15) is 30.4 Å². The van der Waals surface area contributed by atoms with Gasteiger partial charge >= 0.3 is 5.97 Å². The van der Waals surface area contributed by atoms with Gasteiger partial charge in [-0.05, 0) is 26.2 Å². The van der Waals surface area contributed by atoms with Gasteiger partial charge in [-0.1, -0.05) is 0 Å². The third-order valence-corrected chi connectivity index (χ3v) is 2.75. The van der Waals surface area contributed by atoms with Crippen molar-refractivity contribution in [3.63, 3.8) is 0 Å². The van der Waals surface area contributed by atoms with Crippen molar-refractivity contribution in [1.29, 1.82) is 0 Å². The molecule has 0 radical (unpaired) electrons. The van der Waals surface area contributed by atoms with Crippen LogP contribution in [0, 0.1) is 6.92 Å². The summed E-state index contributed by atoms with van der Waals surface area (Å²) in [4.78, 5) is 15.7. The second kappa shape index (κ2) is 3.44. The molecule has 76 valence electrons. The zero-order chi connectivity index (χ0) is 10.1. The number of aromatic nitrogens is 2. The first-order valence-electron chi connectivity index (χ1n) is 4.84. The van der Waals surface area contributed by atoms with E-state index < -0.39 is 0 Å². The summed E-state index contributed by atoms with van der Waals surface area (Å²) in [5.74, 6) is 0.738. The van der Waals surface area contributed by atoms with E-state index in [9.17, 15) is 4.79 Å². The Hall–Kier alpha value is -1.32. The highest BCUT2D eigenvalue weighted by Crippen LogP contribution is 2.26. The van der Waals surface area contributed by atoms with Gasteiger partial charge in [0.15, 0.2) is 0 Å². The van der Waals surface area contributed by atoms with E-state index in [2.05, 4.69) is 4.98 Å². The molecule has 4 nitrogen and oxygen atoms in total. The molecule has 0 amide bonds. The molecule has 0 spiro atoms. The van der Waals surface area contributed by atoms with Crippen LogP contribution in [0.2, 0.25) is 0 Å². The Morgan fingerprint density at radius 1 is 1.71 bits per heavy atom. The van der Waals surface area contributed by atoms with E-state index in [0.717, 1.165) is 30.8 Å². The van der Waals surface area contributed by atoms with Crippen LogP contribution in [-0.4, -0.2) is 22.6 Å². The van der Waals surface area contributed by atoms with Crippen LogP contribution in [0.25, 0.3) is 0 Å². The number of hydrogen-bond acceptors (Lipinski definition) is 3. The molecule has 1 aromatic rings. The van der Waals surface area contributed by atoms with Crippen LogP contribution < -0.4 is 0 Å². The normalized spacial score (nSPS) is 20.3. The number of hydrogen-bond donors (Lipinski definition) is 0. The molecule has 14 heavy (non-hydrogen) atoms. The number of carbonyl (C=O) groups is 1. The topological polar surface area (TPSA) is 44.1 Å². The standard InChI is InChI=1S/C10H14N2O2/c1-7-11-6-8-4-3-5-9(12(7)8)10(13)14-2/h6,9H,3-5H2,1-2H3. The minimum atomic E-state index is -0.161. The number of rotatable bonds is 1. The molecule has 0 N–H and O–H groups in total. The van der Waals surface area contributed by atoms with E-state index in [1.165, 1.54) is 7.11 Å². The number of aryl methyl sites for hydroxylation is 2. The summed E-state index contributed by atoms with van der Waals surface area (Å²) in [5, 5.41) is 0. The second-order valence-corrected chi connectivity index (χ2v) is 3.60. The Morgan fingerprint density at radius 3 is 3.21 bits per heavy atom. The monoisotopic (exact) mass is 194 g/mol. The van der Waals surface area contributed by atoms with Crippen LogP contribution in [-0.2, 0) is 16.0 Å². The van der Waals surface area contributed by atoms with Gasteiger partial charge in [0, 0.05) is 11.9 Å². The van der Waals surface area contributed by atoms with Gasteiger partial charge in [0.25, 0.3) is 0 Å². The predicted molar refractivity (Wildman–Crippen MR) is 51.0 cm³/mol. The van der Waals surface area contributed by atoms with E-state index in [1.54, 1.807) is 0 Å². The summed E-state index contributed by atoms with van der Waals surface area (Å²) in [6.45, 7) is 1.92. The molecule has 0 aliphatic carbocycles. The molecule has 0 saturated heterocycles. The quantitative estimate of drug-likeness (QED) is 0.632. The number of carbonyl (C=O) groups excluding carboxylic acids is 1. The molecule has 2 rings (SSSR count). The first-order valence-corrected chi connectivity index (χ1v) is 4.84. The summed E-state index contributed by atoms with van der Waals surface area (Å²) >= 11 is 0. The highest BCUT2D eigenvalue weighted by Gasteiger charge is 2.27. The van der Waals surface area contributed by atoms with Gasteiger partial charge in [-0.3, -0.25) is 0 Å². The summed E-state index contributed by atoms with van der Waals surface area (Å²) < 4.78 is 6.78. The molecule has 1 aromatic heterocycles. The lowest BCUT2D eigenvalue weighted by Gasteiger charge is -2.24. The predicted octanol–water partition coefficient (Wildman–Crippen LogP) is 1.24. The van der Waals surface area contributed by atoms with E-state index in [0.29, 0.717) is 0 Å². The van der Waals surface area contributed by atoms with E-state index >= 15 is 0 Å². The highest BCUT2D eigenvalue weighted by atomic mass is 16.5. The average molecular weight is 194 g/mol. The lowest BCUT2D eigenvalue weighted by Crippen LogP contribution is -2.26. The highest BCUT2D eigenvalue weighted by molar-refractivity contribution is 5.74. The minimum Gasteiger partial charge on any atom is -0.467 e. The molecule has 1 aliphatic heterocycles. The molecule has 0 fully saturated rings. The first kappa shape index (κ1) is 9.24. The Kier molecular flexibility index (Phi) is 2.27. The van der Waals surface area contributed by atoms with E-state index in [-0.39, 0.29) is 12.0 Å². The fourth-order valence-corrected chi connectivity index (χ4v) is 2.08. The molecule has 2 heterocycles. The van der Waals surface area contributed by atoms with Gasteiger partial charge in [-0.2, -0.15) is 0 Å². The summed E-state index contributed by atoms with van der Waals surface area (Å²) in [7, 11) is 1.43. The van der Waals surface area contributed by atoms with Crippen molar-refractivity contribution in [3.05, 3.63) is 17.7 Å². The zero-order valence-corrected chi connectivity index (χ0v) is 8.49. The fraction of sp³-hybridized carbons (Fsp3) is 0.600. The van der Waals surface area contributed by atoms with E-state index in [1.807, 2.05) is 17.7 Å². The first-order chi connectivity index (χ1) is 6.74. The molecule has 1 unspecified atom stereocenters. The summed E-state index contributed by atoms with van der Waals surface area (Å²) in [6.07, 6.45) is 4.75. The zero-order valence-electron chi connectivity index (χ0n) is 8.49. The van der Waals surface area contributed by atoms with Crippen molar-refractivity contribution in [1.82, 2.24) is 9.55 Å². The maximum Gasteiger partial charge on any atom is 0.328 e. The van der Waals surface area contributed by atoms with Gasteiger partial charge in [0.1, 0.15) is 11.9 Å². The molecule has 0 aromatic carbocycles. The summed E-state index contributed by atoms with van der Waals surface area (Å²) in [6, 6.07) is -0.161. The third kappa shape index (κ3) is 1.31. The molecule has 0 bridgehead atoms. The molecular formula is C10H14N2O2. The van der Waals surface area contributed by atoms with Gasteiger partial charge in [-0.15, -0.1) is 0 Å². The number of ether oxygens (including phenoxy) is 1. The fourth-order valence-electron chi connectivity index (χ4n) is 2.08. The minimum absolute atomic E-state index is 0.160. The van der Waals surface area contributed by atoms with Gasteiger partial charge < -0.3 is 9.30 Å². The number of methoxy groups -OCH3 is 1. The maximum atomic E-state index is 11.5. The number of fused-ring (bicyclic) bond motifs is 1. The summed E-state index contributed by atoms with van der Waals surface area (Å²) in [5.41, 5.74) is 1.14. The van der Waals surface area contributed by atoms with Crippen LogP contribution in [0.15, 0.2) is 6.20 Å². The SMILES string of the molecule is COC(=O)C1CCCc2cnc(C)n21. The van der Waals surface area contributed by atoms with Gasteiger partial charge in [0.05, 0.1) is 7.11 Å². The van der Waals surface area contributed by atoms with Crippen molar-refractivity contribution in [3.8, 4) is 0 Å². The average Bonchev–Trinajstić information content (AvgIpc) is 2.59. The smallest absolute Gasteiger partial charge is 0.328 e.